The van der Waals surface area contributed by atoms with Crippen LogP contribution in [0.15, 0.2) is 42.5 Å². The summed E-state index contributed by atoms with van der Waals surface area (Å²) in [6.45, 7) is 0. The van der Waals surface area contributed by atoms with Crippen molar-refractivity contribution < 1.29 is 9.13 Å². The number of hydrogen-bond donors (Lipinski definition) is 1. The number of benzene rings is 2. The molecule has 1 atom stereocenters. The number of ether oxygens (including phenoxy) is 1. The van der Waals surface area contributed by atoms with Crippen molar-refractivity contribution in [3.8, 4) is 5.75 Å². The summed E-state index contributed by atoms with van der Waals surface area (Å²) in [6, 6.07) is 13.2. The van der Waals surface area contributed by atoms with E-state index in [1.54, 1.807) is 25.3 Å². The van der Waals surface area contributed by atoms with Crippen molar-refractivity contribution in [1.82, 2.24) is 5.32 Å². The van der Waals surface area contributed by atoms with Crippen molar-refractivity contribution in [2.24, 2.45) is 0 Å². The molecule has 0 aliphatic heterocycles. The van der Waals surface area contributed by atoms with Crippen molar-refractivity contribution in [2.75, 3.05) is 14.2 Å². The Bertz CT molecular complexity index is 586. The van der Waals surface area contributed by atoms with Crippen LogP contribution in [0, 0.1) is 5.82 Å². The van der Waals surface area contributed by atoms with Crippen LogP contribution in [0.3, 0.4) is 0 Å². The molecule has 0 amide bonds. The van der Waals surface area contributed by atoms with Crippen LogP contribution >= 0.6 is 11.6 Å². The van der Waals surface area contributed by atoms with Gasteiger partial charge in [0.25, 0.3) is 0 Å². The molecule has 2 rings (SSSR count). The molecule has 2 aromatic carbocycles. The molecule has 0 spiro atoms. The number of halogens is 2. The Morgan fingerprint density at radius 2 is 1.86 bits per heavy atom. The Hall–Kier alpha value is -1.58. The average molecular weight is 308 g/mol. The van der Waals surface area contributed by atoms with E-state index >= 15 is 0 Å². The normalized spacial score (nSPS) is 12.2. The highest BCUT2D eigenvalue weighted by molar-refractivity contribution is 6.30. The van der Waals surface area contributed by atoms with Gasteiger partial charge in [0, 0.05) is 6.04 Å². The number of hydrogen-bond acceptors (Lipinski definition) is 2. The van der Waals surface area contributed by atoms with Gasteiger partial charge in [-0.1, -0.05) is 35.9 Å². The van der Waals surface area contributed by atoms with E-state index in [1.807, 2.05) is 31.3 Å². The molecule has 0 aromatic heterocycles. The Kier molecular flexibility index (Phi) is 5.59. The first kappa shape index (κ1) is 15.8. The molecule has 112 valence electrons. The lowest BCUT2D eigenvalue weighted by atomic mass is 9.98. The second kappa shape index (κ2) is 7.43. The highest BCUT2D eigenvalue weighted by Gasteiger charge is 2.13. The van der Waals surface area contributed by atoms with Gasteiger partial charge in [0.2, 0.25) is 0 Å². The van der Waals surface area contributed by atoms with Crippen molar-refractivity contribution in [1.29, 1.82) is 0 Å². The van der Waals surface area contributed by atoms with E-state index in [0.29, 0.717) is 12.0 Å². The van der Waals surface area contributed by atoms with Gasteiger partial charge >= 0.3 is 0 Å². The number of likely N-dealkylation sites (N-methyl/N-ethyl adjacent to an activating group) is 1. The number of nitrogens with one attached hydrogen (secondary N) is 1. The van der Waals surface area contributed by atoms with Crippen molar-refractivity contribution in [2.45, 2.75) is 18.9 Å². The van der Waals surface area contributed by atoms with Gasteiger partial charge in [0.15, 0.2) is 0 Å². The number of rotatable bonds is 6. The van der Waals surface area contributed by atoms with E-state index in [9.17, 15) is 4.39 Å². The van der Waals surface area contributed by atoms with Crippen molar-refractivity contribution >= 4 is 11.6 Å². The second-order valence-corrected chi connectivity index (χ2v) is 5.36. The zero-order valence-electron chi connectivity index (χ0n) is 12.2. The molecule has 0 aliphatic carbocycles. The second-order valence-electron chi connectivity index (χ2n) is 4.95. The fourth-order valence-electron chi connectivity index (χ4n) is 2.29. The lowest BCUT2D eigenvalue weighted by Crippen LogP contribution is -2.30. The minimum atomic E-state index is -0.325. The molecule has 1 unspecified atom stereocenters. The predicted molar refractivity (Wildman–Crippen MR) is 84.7 cm³/mol. The summed E-state index contributed by atoms with van der Waals surface area (Å²) < 4.78 is 19.1. The van der Waals surface area contributed by atoms with Gasteiger partial charge < -0.3 is 10.1 Å². The monoisotopic (exact) mass is 307 g/mol. The third kappa shape index (κ3) is 4.19. The van der Waals surface area contributed by atoms with Crippen LogP contribution in [-0.2, 0) is 12.8 Å². The molecule has 0 saturated heterocycles. The summed E-state index contributed by atoms with van der Waals surface area (Å²) in [5.41, 5.74) is 1.81. The molecule has 0 aliphatic rings. The lowest BCUT2D eigenvalue weighted by molar-refractivity contribution is 0.414. The molecule has 0 heterocycles. The van der Waals surface area contributed by atoms with Crippen LogP contribution in [-0.4, -0.2) is 20.2 Å². The molecule has 4 heteroatoms. The van der Waals surface area contributed by atoms with E-state index in [0.717, 1.165) is 12.2 Å². The molecule has 2 nitrogen and oxygen atoms in total. The van der Waals surface area contributed by atoms with Crippen LogP contribution in [0.5, 0.6) is 5.75 Å². The van der Waals surface area contributed by atoms with Gasteiger partial charge in [-0.15, -0.1) is 0 Å². The Morgan fingerprint density at radius 3 is 2.48 bits per heavy atom. The fourth-order valence-corrected chi connectivity index (χ4v) is 2.49. The van der Waals surface area contributed by atoms with Crippen LogP contribution < -0.4 is 10.1 Å². The molecular weight excluding hydrogens is 289 g/mol. The standard InChI is InChI=1S/C17H19ClFNO/c1-20-14(10-12-6-8-15(21-2)9-7-12)11-13-4-3-5-16(18)17(13)19/h3-9,14,20H,10-11H2,1-2H3. The fraction of sp³-hybridized carbons (Fsp3) is 0.294. The van der Waals surface area contributed by atoms with E-state index < -0.39 is 0 Å². The molecule has 0 saturated carbocycles. The summed E-state index contributed by atoms with van der Waals surface area (Å²) in [5.74, 6) is 0.509. The van der Waals surface area contributed by atoms with Gasteiger partial charge in [0.05, 0.1) is 12.1 Å². The lowest BCUT2D eigenvalue weighted by Gasteiger charge is -2.17. The van der Waals surface area contributed by atoms with Crippen molar-refractivity contribution in [3.05, 3.63) is 64.4 Å². The first-order valence-electron chi connectivity index (χ1n) is 6.87. The number of methoxy groups -OCH3 is 1. The molecule has 21 heavy (non-hydrogen) atoms. The highest BCUT2D eigenvalue weighted by Crippen LogP contribution is 2.20. The van der Waals surface area contributed by atoms with Gasteiger partial charge in [-0.05, 0) is 49.2 Å². The van der Waals surface area contributed by atoms with Crippen LogP contribution in [0.4, 0.5) is 4.39 Å². The maximum Gasteiger partial charge on any atom is 0.145 e. The molecule has 0 bridgehead atoms. The Balaban J connectivity index is 2.07. The van der Waals surface area contributed by atoms with Gasteiger partial charge in [-0.25, -0.2) is 4.39 Å². The van der Waals surface area contributed by atoms with Crippen LogP contribution in [0.25, 0.3) is 0 Å². The molecule has 2 aromatic rings. The van der Waals surface area contributed by atoms with Crippen LogP contribution in [0.2, 0.25) is 5.02 Å². The predicted octanol–water partition coefficient (Wildman–Crippen LogP) is 3.86. The molecular formula is C17H19ClFNO. The van der Waals surface area contributed by atoms with E-state index in [1.165, 1.54) is 5.56 Å². The minimum absolute atomic E-state index is 0.145. The topological polar surface area (TPSA) is 21.3 Å². The first-order valence-corrected chi connectivity index (χ1v) is 7.25. The average Bonchev–Trinajstić information content (AvgIpc) is 2.51. The van der Waals surface area contributed by atoms with E-state index in [4.69, 9.17) is 16.3 Å². The third-order valence-corrected chi connectivity index (χ3v) is 3.84. The van der Waals surface area contributed by atoms with Crippen molar-refractivity contribution in [3.63, 3.8) is 0 Å². The molecule has 0 radical (unpaired) electrons. The van der Waals surface area contributed by atoms with Gasteiger partial charge in [-0.2, -0.15) is 0 Å². The van der Waals surface area contributed by atoms with Gasteiger partial charge in [-0.3, -0.25) is 0 Å². The summed E-state index contributed by atoms with van der Waals surface area (Å²) >= 11 is 5.82. The summed E-state index contributed by atoms with van der Waals surface area (Å²) in [4.78, 5) is 0. The Labute approximate surface area is 129 Å². The zero-order chi connectivity index (χ0) is 15.2. The van der Waals surface area contributed by atoms with Crippen LogP contribution in [0.1, 0.15) is 11.1 Å². The van der Waals surface area contributed by atoms with E-state index in [-0.39, 0.29) is 16.9 Å². The third-order valence-electron chi connectivity index (χ3n) is 3.55. The summed E-state index contributed by atoms with van der Waals surface area (Å²) in [6.07, 6.45) is 1.40. The SMILES string of the molecule is CNC(Cc1ccc(OC)cc1)Cc1cccc(Cl)c1F. The quantitative estimate of drug-likeness (QED) is 0.875. The maximum atomic E-state index is 14.0. The largest absolute Gasteiger partial charge is 0.497 e. The minimum Gasteiger partial charge on any atom is -0.497 e. The zero-order valence-corrected chi connectivity index (χ0v) is 13.0. The molecule has 1 N–H and O–H groups in total. The molecule has 0 fully saturated rings. The highest BCUT2D eigenvalue weighted by atomic mass is 35.5. The maximum absolute atomic E-state index is 14.0. The summed E-state index contributed by atoms with van der Waals surface area (Å²) in [7, 11) is 3.53. The van der Waals surface area contributed by atoms with Gasteiger partial charge in [0.1, 0.15) is 11.6 Å². The summed E-state index contributed by atoms with van der Waals surface area (Å²) in [5, 5.41) is 3.41. The first-order chi connectivity index (χ1) is 10.1. The van der Waals surface area contributed by atoms with E-state index in [2.05, 4.69) is 5.32 Å². The smallest absolute Gasteiger partial charge is 0.145 e. The Morgan fingerprint density at radius 1 is 1.14 bits per heavy atom.